The monoisotopic (exact) mass is 375 g/mol. The van der Waals surface area contributed by atoms with Crippen LogP contribution in [0.1, 0.15) is 24.0 Å². The summed E-state index contributed by atoms with van der Waals surface area (Å²) in [5.74, 6) is -0.294. The van der Waals surface area contributed by atoms with E-state index in [-0.39, 0.29) is 11.8 Å². The Morgan fingerprint density at radius 1 is 0.857 bits per heavy atom. The van der Waals surface area contributed by atoms with Crippen LogP contribution in [0.5, 0.6) is 0 Å². The smallest absolute Gasteiger partial charge is 0.235 e. The molecule has 3 aromatic rings. The van der Waals surface area contributed by atoms with Crippen molar-refractivity contribution < 1.29 is 9.59 Å². The third-order valence-corrected chi connectivity index (χ3v) is 5.52. The van der Waals surface area contributed by atoms with E-state index >= 15 is 0 Å². The Morgan fingerprint density at radius 3 is 2.21 bits per heavy atom. The molecule has 1 saturated carbocycles. The molecule has 1 aliphatic carbocycles. The highest BCUT2D eigenvalue weighted by molar-refractivity contribution is 6.07. The van der Waals surface area contributed by atoms with Crippen molar-refractivity contribution >= 4 is 22.7 Å². The van der Waals surface area contributed by atoms with Gasteiger partial charge in [-0.3, -0.25) is 9.59 Å². The van der Waals surface area contributed by atoms with Crippen molar-refractivity contribution in [1.82, 2.24) is 15.6 Å². The number of hydrogen-bond donors (Lipinski definition) is 3. The van der Waals surface area contributed by atoms with Crippen molar-refractivity contribution in [2.75, 3.05) is 13.1 Å². The number of aromatic amines is 1. The predicted octanol–water partition coefficient (Wildman–Crippen LogP) is 2.97. The molecule has 1 heterocycles. The second kappa shape index (κ2) is 7.89. The molecule has 4 rings (SSSR count). The molecule has 1 aliphatic rings. The average Bonchev–Trinajstić information content (AvgIpc) is 3.45. The molecule has 0 atom stereocenters. The third-order valence-electron chi connectivity index (χ3n) is 5.52. The molecule has 0 saturated heterocycles. The molecule has 1 fully saturated rings. The van der Waals surface area contributed by atoms with Gasteiger partial charge < -0.3 is 15.6 Å². The Morgan fingerprint density at radius 2 is 1.50 bits per heavy atom. The molecule has 1 aromatic heterocycles. The highest BCUT2D eigenvalue weighted by Crippen LogP contribution is 2.46. The summed E-state index contributed by atoms with van der Waals surface area (Å²) in [6, 6.07) is 18.1. The van der Waals surface area contributed by atoms with Crippen molar-refractivity contribution in [3.63, 3.8) is 0 Å². The fraction of sp³-hybridized carbons (Fsp3) is 0.304. The molecule has 5 nitrogen and oxygen atoms in total. The number of benzene rings is 2. The van der Waals surface area contributed by atoms with E-state index in [0.29, 0.717) is 25.9 Å². The zero-order valence-electron chi connectivity index (χ0n) is 15.8. The zero-order chi connectivity index (χ0) is 19.4. The molecule has 0 aliphatic heterocycles. The molecular weight excluding hydrogens is 350 g/mol. The van der Waals surface area contributed by atoms with E-state index < -0.39 is 5.41 Å². The standard InChI is InChI=1S/C23H25N3O2/c27-21(24-14-10-17-6-2-1-3-7-17)23(12-13-23)22(28)25-15-11-18-16-26-20-9-5-4-8-19(18)20/h1-9,16,26H,10-15H2,(H,24,27)(H,25,28). The Hall–Kier alpha value is -3.08. The number of carbonyl (C=O) groups excluding carboxylic acids is 2. The molecule has 0 spiro atoms. The summed E-state index contributed by atoms with van der Waals surface area (Å²) >= 11 is 0. The lowest BCUT2D eigenvalue weighted by molar-refractivity contribution is -0.137. The van der Waals surface area contributed by atoms with Crippen LogP contribution in [0, 0.1) is 5.41 Å². The average molecular weight is 375 g/mol. The summed E-state index contributed by atoms with van der Waals surface area (Å²) < 4.78 is 0. The summed E-state index contributed by atoms with van der Waals surface area (Å²) in [5.41, 5.74) is 2.58. The first-order valence-corrected chi connectivity index (χ1v) is 9.84. The van der Waals surface area contributed by atoms with Crippen LogP contribution in [-0.4, -0.2) is 29.9 Å². The lowest BCUT2D eigenvalue weighted by atomic mass is 10.0. The molecule has 3 N–H and O–H groups in total. The van der Waals surface area contributed by atoms with E-state index in [1.807, 2.05) is 54.7 Å². The molecule has 0 unspecified atom stereocenters. The van der Waals surface area contributed by atoms with Crippen LogP contribution < -0.4 is 10.6 Å². The Labute approximate surface area is 164 Å². The number of amides is 2. The highest BCUT2D eigenvalue weighted by Gasteiger charge is 2.56. The first-order chi connectivity index (χ1) is 13.7. The number of aromatic nitrogens is 1. The van der Waals surface area contributed by atoms with E-state index in [0.717, 1.165) is 18.4 Å². The van der Waals surface area contributed by atoms with Crippen LogP contribution in [-0.2, 0) is 22.4 Å². The first-order valence-electron chi connectivity index (χ1n) is 9.84. The van der Waals surface area contributed by atoms with Gasteiger partial charge in [-0.25, -0.2) is 0 Å². The Balaban J connectivity index is 1.26. The van der Waals surface area contributed by atoms with E-state index in [1.54, 1.807) is 0 Å². The minimum Gasteiger partial charge on any atom is -0.361 e. The van der Waals surface area contributed by atoms with Gasteiger partial charge in [-0.2, -0.15) is 0 Å². The van der Waals surface area contributed by atoms with Gasteiger partial charge in [-0.15, -0.1) is 0 Å². The first kappa shape index (κ1) is 18.3. The number of H-pyrrole nitrogens is 1. The minimum absolute atomic E-state index is 0.145. The number of fused-ring (bicyclic) bond motifs is 1. The van der Waals surface area contributed by atoms with Crippen LogP contribution in [0.3, 0.4) is 0 Å². The van der Waals surface area contributed by atoms with Crippen LogP contribution in [0.2, 0.25) is 0 Å². The molecular formula is C23H25N3O2. The van der Waals surface area contributed by atoms with Gasteiger partial charge in [0.25, 0.3) is 0 Å². The van der Waals surface area contributed by atoms with Crippen molar-refractivity contribution in [3.05, 3.63) is 71.9 Å². The van der Waals surface area contributed by atoms with E-state index in [2.05, 4.69) is 21.7 Å². The number of carbonyl (C=O) groups is 2. The minimum atomic E-state index is -0.864. The van der Waals surface area contributed by atoms with E-state index in [1.165, 1.54) is 16.5 Å². The van der Waals surface area contributed by atoms with E-state index in [9.17, 15) is 9.59 Å². The van der Waals surface area contributed by atoms with E-state index in [4.69, 9.17) is 0 Å². The van der Waals surface area contributed by atoms with Gasteiger partial charge in [-0.05, 0) is 42.9 Å². The Kier molecular flexibility index (Phi) is 5.15. The topological polar surface area (TPSA) is 74.0 Å². The summed E-state index contributed by atoms with van der Waals surface area (Å²) in [7, 11) is 0. The number of nitrogens with one attached hydrogen (secondary N) is 3. The second-order valence-corrected chi connectivity index (χ2v) is 7.44. The maximum atomic E-state index is 12.6. The molecule has 28 heavy (non-hydrogen) atoms. The van der Waals surface area contributed by atoms with Gasteiger partial charge in [0.2, 0.25) is 11.8 Å². The quantitative estimate of drug-likeness (QED) is 0.530. The van der Waals surface area contributed by atoms with Crippen molar-refractivity contribution in [2.24, 2.45) is 5.41 Å². The number of hydrogen-bond acceptors (Lipinski definition) is 2. The maximum absolute atomic E-state index is 12.6. The summed E-state index contributed by atoms with van der Waals surface area (Å²) in [5, 5.41) is 7.08. The lowest BCUT2D eigenvalue weighted by Gasteiger charge is -2.15. The number of rotatable bonds is 8. The van der Waals surface area contributed by atoms with Crippen molar-refractivity contribution in [2.45, 2.75) is 25.7 Å². The largest absolute Gasteiger partial charge is 0.361 e. The highest BCUT2D eigenvalue weighted by atomic mass is 16.2. The number of para-hydroxylation sites is 1. The molecule has 5 heteroatoms. The molecule has 2 amide bonds. The molecule has 144 valence electrons. The van der Waals surface area contributed by atoms with Gasteiger partial charge in [-0.1, -0.05) is 48.5 Å². The van der Waals surface area contributed by atoms with Crippen LogP contribution in [0.4, 0.5) is 0 Å². The van der Waals surface area contributed by atoms with Crippen molar-refractivity contribution in [1.29, 1.82) is 0 Å². The fourth-order valence-electron chi connectivity index (χ4n) is 3.63. The fourth-order valence-corrected chi connectivity index (χ4v) is 3.63. The SMILES string of the molecule is O=C(NCCc1ccccc1)C1(C(=O)NCCc2c[nH]c3ccccc23)CC1. The summed E-state index contributed by atoms with van der Waals surface area (Å²) in [4.78, 5) is 28.4. The van der Waals surface area contributed by atoms with Crippen LogP contribution >= 0.6 is 0 Å². The predicted molar refractivity (Wildman–Crippen MR) is 110 cm³/mol. The Bertz CT molecular complexity index is 974. The second-order valence-electron chi connectivity index (χ2n) is 7.44. The van der Waals surface area contributed by atoms with Crippen molar-refractivity contribution in [3.8, 4) is 0 Å². The zero-order valence-corrected chi connectivity index (χ0v) is 15.8. The summed E-state index contributed by atoms with van der Waals surface area (Å²) in [6.45, 7) is 1.08. The lowest BCUT2D eigenvalue weighted by Crippen LogP contribution is -2.44. The normalized spacial score (nSPS) is 14.6. The van der Waals surface area contributed by atoms with Crippen LogP contribution in [0.15, 0.2) is 60.8 Å². The van der Waals surface area contributed by atoms with Gasteiger partial charge in [0.05, 0.1) is 0 Å². The molecule has 0 radical (unpaired) electrons. The summed E-state index contributed by atoms with van der Waals surface area (Å²) in [6.07, 6.45) is 4.75. The van der Waals surface area contributed by atoms with Gasteiger partial charge in [0.1, 0.15) is 5.41 Å². The maximum Gasteiger partial charge on any atom is 0.235 e. The van der Waals surface area contributed by atoms with Crippen LogP contribution in [0.25, 0.3) is 10.9 Å². The van der Waals surface area contributed by atoms with Gasteiger partial charge in [0.15, 0.2) is 0 Å². The molecule has 2 aromatic carbocycles. The third kappa shape index (κ3) is 3.79. The van der Waals surface area contributed by atoms with Gasteiger partial charge >= 0.3 is 0 Å². The molecule has 0 bridgehead atoms. The van der Waals surface area contributed by atoms with Gasteiger partial charge in [0, 0.05) is 30.2 Å².